The molecule has 0 aliphatic carbocycles. The van der Waals surface area contributed by atoms with Gasteiger partial charge in [-0.1, -0.05) is 29.0 Å². The van der Waals surface area contributed by atoms with Crippen LogP contribution in [-0.2, 0) is 6.54 Å². The van der Waals surface area contributed by atoms with E-state index in [-0.39, 0.29) is 5.91 Å². The molecule has 0 saturated carbocycles. The first-order chi connectivity index (χ1) is 14.6. The number of pyridine rings is 1. The third kappa shape index (κ3) is 3.94. The fourth-order valence-corrected chi connectivity index (χ4v) is 4.24. The van der Waals surface area contributed by atoms with Gasteiger partial charge in [0.2, 0.25) is 0 Å². The average molecular weight is 440 g/mol. The van der Waals surface area contributed by atoms with Gasteiger partial charge in [-0.2, -0.15) is 0 Å². The van der Waals surface area contributed by atoms with Gasteiger partial charge in [-0.15, -0.1) is 0 Å². The molecule has 6 nitrogen and oxygen atoms in total. The fourth-order valence-electron chi connectivity index (χ4n) is 3.04. The van der Waals surface area contributed by atoms with Crippen molar-refractivity contribution in [2.24, 2.45) is 0 Å². The molecule has 2 aromatic heterocycles. The number of rotatable bonds is 6. The molecule has 0 radical (unpaired) electrons. The minimum Gasteiger partial charge on any atom is -0.495 e. The first kappa shape index (κ1) is 20.1. The average Bonchev–Trinajstić information content (AvgIpc) is 3.23. The molecule has 0 bridgehead atoms. The van der Waals surface area contributed by atoms with Crippen molar-refractivity contribution in [3.63, 3.8) is 0 Å². The summed E-state index contributed by atoms with van der Waals surface area (Å²) in [7, 11) is 3.19. The summed E-state index contributed by atoms with van der Waals surface area (Å²) in [6.45, 7) is 0.319. The maximum Gasteiger partial charge on any atom is 0.260 e. The summed E-state index contributed by atoms with van der Waals surface area (Å²) in [4.78, 5) is 23.9. The van der Waals surface area contributed by atoms with Crippen molar-refractivity contribution < 1.29 is 14.3 Å². The number of methoxy groups -OCH3 is 2. The highest BCUT2D eigenvalue weighted by Gasteiger charge is 2.24. The zero-order valence-electron chi connectivity index (χ0n) is 16.3. The van der Waals surface area contributed by atoms with Crippen LogP contribution in [0.2, 0.25) is 5.02 Å². The molecule has 0 aliphatic heterocycles. The van der Waals surface area contributed by atoms with Gasteiger partial charge in [0.05, 0.1) is 20.8 Å². The number of fused-ring (bicyclic) bond motifs is 1. The number of hydrogen-bond donors (Lipinski definition) is 0. The Labute approximate surface area is 182 Å². The second kappa shape index (κ2) is 8.69. The Kier molecular flexibility index (Phi) is 5.83. The van der Waals surface area contributed by atoms with E-state index in [1.165, 1.54) is 11.3 Å². The van der Waals surface area contributed by atoms with Gasteiger partial charge in [0.25, 0.3) is 5.91 Å². The van der Waals surface area contributed by atoms with Crippen LogP contribution in [0.3, 0.4) is 0 Å². The van der Waals surface area contributed by atoms with Crippen LogP contribution >= 0.6 is 22.9 Å². The molecule has 0 aliphatic rings. The van der Waals surface area contributed by atoms with Crippen molar-refractivity contribution in [1.82, 2.24) is 9.97 Å². The van der Waals surface area contributed by atoms with Crippen molar-refractivity contribution in [3.8, 4) is 11.5 Å². The Morgan fingerprint density at radius 3 is 2.47 bits per heavy atom. The smallest absolute Gasteiger partial charge is 0.260 e. The molecule has 0 spiro atoms. The predicted molar refractivity (Wildman–Crippen MR) is 119 cm³/mol. The molecule has 8 heteroatoms. The lowest BCUT2D eigenvalue weighted by molar-refractivity contribution is 0.0985. The molecule has 0 atom stereocenters. The van der Waals surface area contributed by atoms with Crippen molar-refractivity contribution in [1.29, 1.82) is 0 Å². The van der Waals surface area contributed by atoms with Crippen molar-refractivity contribution in [2.75, 3.05) is 19.1 Å². The number of amides is 1. The summed E-state index contributed by atoms with van der Waals surface area (Å²) >= 11 is 7.37. The lowest BCUT2D eigenvalue weighted by Crippen LogP contribution is -2.30. The number of hydrogen-bond acceptors (Lipinski definition) is 6. The van der Waals surface area contributed by atoms with Gasteiger partial charge >= 0.3 is 0 Å². The third-order valence-corrected chi connectivity index (χ3v) is 5.87. The Bertz CT molecular complexity index is 1140. The minimum atomic E-state index is -0.187. The van der Waals surface area contributed by atoms with Crippen LogP contribution in [0, 0.1) is 0 Å². The Hall–Kier alpha value is -3.16. The molecule has 0 N–H and O–H groups in total. The Morgan fingerprint density at radius 2 is 1.80 bits per heavy atom. The van der Waals surface area contributed by atoms with Gasteiger partial charge in [-0.05, 0) is 48.0 Å². The van der Waals surface area contributed by atoms with Gasteiger partial charge in [-0.3, -0.25) is 14.7 Å². The van der Waals surface area contributed by atoms with Gasteiger partial charge in [0.15, 0.2) is 5.13 Å². The van der Waals surface area contributed by atoms with E-state index >= 15 is 0 Å². The van der Waals surface area contributed by atoms with Crippen LogP contribution in [0.1, 0.15) is 15.9 Å². The van der Waals surface area contributed by atoms with E-state index in [0.717, 1.165) is 10.3 Å². The number of benzene rings is 2. The van der Waals surface area contributed by atoms with Crippen LogP contribution in [0.5, 0.6) is 11.5 Å². The van der Waals surface area contributed by atoms with Crippen LogP contribution in [0.4, 0.5) is 5.13 Å². The number of halogens is 1. The number of nitrogens with zero attached hydrogens (tertiary/aromatic N) is 3. The zero-order chi connectivity index (χ0) is 21.1. The molecule has 2 heterocycles. The minimum absolute atomic E-state index is 0.187. The number of aromatic nitrogens is 2. The second-order valence-corrected chi connectivity index (χ2v) is 7.82. The molecule has 152 valence electrons. The molecule has 4 aromatic rings. The highest BCUT2D eigenvalue weighted by Crippen LogP contribution is 2.40. The number of anilines is 1. The normalized spacial score (nSPS) is 10.8. The Morgan fingerprint density at radius 1 is 1.07 bits per heavy atom. The van der Waals surface area contributed by atoms with Crippen LogP contribution in [0.15, 0.2) is 60.9 Å². The monoisotopic (exact) mass is 439 g/mol. The highest BCUT2D eigenvalue weighted by molar-refractivity contribution is 7.22. The standard InChI is InChI=1S/C22H18ClN3O3S/c1-28-17-9-10-18(29-2)20-19(17)25-22(30-20)26(13-14-4-3-11-24-12-14)21(27)15-5-7-16(23)8-6-15/h3-12H,13H2,1-2H3. The second-order valence-electron chi connectivity index (χ2n) is 6.40. The van der Waals surface area contributed by atoms with E-state index in [4.69, 9.17) is 26.1 Å². The maximum atomic E-state index is 13.4. The first-order valence-electron chi connectivity index (χ1n) is 9.08. The summed E-state index contributed by atoms with van der Waals surface area (Å²) in [6, 6.07) is 14.2. The van der Waals surface area contributed by atoms with Crippen LogP contribution in [0.25, 0.3) is 10.2 Å². The fraction of sp³-hybridized carbons (Fsp3) is 0.136. The van der Waals surface area contributed by atoms with E-state index in [1.807, 2.05) is 18.2 Å². The molecule has 0 unspecified atom stereocenters. The molecule has 30 heavy (non-hydrogen) atoms. The molecule has 1 amide bonds. The SMILES string of the molecule is COc1ccc(OC)c2sc(N(Cc3cccnc3)C(=O)c3ccc(Cl)cc3)nc12. The van der Waals surface area contributed by atoms with E-state index in [9.17, 15) is 4.79 Å². The molecule has 0 fully saturated rings. The number of thiazole rings is 1. The number of carbonyl (C=O) groups excluding carboxylic acids is 1. The van der Waals surface area contributed by atoms with Crippen molar-refractivity contribution in [3.05, 3.63) is 77.1 Å². The molecular formula is C22H18ClN3O3S. The van der Waals surface area contributed by atoms with E-state index < -0.39 is 0 Å². The van der Waals surface area contributed by atoms with Crippen molar-refractivity contribution >= 4 is 44.2 Å². The van der Waals surface area contributed by atoms with Gasteiger partial charge in [0, 0.05) is 23.0 Å². The first-order valence-corrected chi connectivity index (χ1v) is 10.3. The summed E-state index contributed by atoms with van der Waals surface area (Å²) in [5.41, 5.74) is 2.05. The van der Waals surface area contributed by atoms with E-state index in [0.29, 0.717) is 39.3 Å². The highest BCUT2D eigenvalue weighted by atomic mass is 35.5. The molecule has 2 aromatic carbocycles. The summed E-state index contributed by atoms with van der Waals surface area (Å²) < 4.78 is 11.8. The van der Waals surface area contributed by atoms with Crippen molar-refractivity contribution in [2.45, 2.75) is 6.54 Å². The lowest BCUT2D eigenvalue weighted by atomic mass is 10.2. The van der Waals surface area contributed by atoms with E-state index in [1.54, 1.807) is 61.8 Å². The molecule has 0 saturated heterocycles. The van der Waals surface area contributed by atoms with Gasteiger partial charge in [0.1, 0.15) is 21.7 Å². The van der Waals surface area contributed by atoms with Gasteiger partial charge in [-0.25, -0.2) is 4.98 Å². The van der Waals surface area contributed by atoms with Gasteiger partial charge < -0.3 is 9.47 Å². The molecular weight excluding hydrogens is 422 g/mol. The quantitative estimate of drug-likeness (QED) is 0.412. The van der Waals surface area contributed by atoms with Crippen LogP contribution in [-0.4, -0.2) is 30.1 Å². The number of carbonyl (C=O) groups is 1. The Balaban J connectivity index is 1.82. The summed E-state index contributed by atoms with van der Waals surface area (Å²) in [6.07, 6.45) is 3.43. The topological polar surface area (TPSA) is 64.6 Å². The van der Waals surface area contributed by atoms with Crippen LogP contribution < -0.4 is 14.4 Å². The zero-order valence-corrected chi connectivity index (χ0v) is 17.9. The molecule has 4 rings (SSSR count). The predicted octanol–water partition coefficient (Wildman–Crippen LogP) is 5.21. The van der Waals surface area contributed by atoms with E-state index in [2.05, 4.69) is 4.98 Å². The summed E-state index contributed by atoms with van der Waals surface area (Å²) in [5, 5.41) is 1.11. The maximum absolute atomic E-state index is 13.4. The largest absolute Gasteiger partial charge is 0.495 e. The number of ether oxygens (including phenoxy) is 2. The summed E-state index contributed by atoms with van der Waals surface area (Å²) in [5.74, 6) is 1.11. The lowest BCUT2D eigenvalue weighted by Gasteiger charge is -2.20. The third-order valence-electron chi connectivity index (χ3n) is 4.53.